The quantitative estimate of drug-likeness (QED) is 0.177. The number of benzene rings is 8. The Hall–Kier alpha value is -6.75. The molecule has 4 heteroatoms. The lowest BCUT2D eigenvalue weighted by Crippen LogP contribution is -2.39. The van der Waals surface area contributed by atoms with Crippen LogP contribution in [0.25, 0.3) is 93.0 Å². The van der Waals surface area contributed by atoms with E-state index < -0.39 is 30.9 Å². The van der Waals surface area contributed by atoms with Gasteiger partial charge in [-0.1, -0.05) is 161 Å². The van der Waals surface area contributed by atoms with E-state index in [4.69, 9.17) is 13.8 Å². The zero-order valence-corrected chi connectivity index (χ0v) is 36.5. The highest BCUT2D eigenvalue weighted by Crippen LogP contribution is 2.58. The fourth-order valence-corrected chi connectivity index (χ4v) is 11.4. The monoisotopic (exact) mass is 840 g/mol. The summed E-state index contributed by atoms with van der Waals surface area (Å²) in [7, 11) is 0. The molecule has 8 aromatic carbocycles. The zero-order valence-electron chi connectivity index (χ0n) is 43.6. The maximum absolute atomic E-state index is 9.72. The number of nitrogens with zero attached hydrogens (tertiary/aromatic N) is 2. The van der Waals surface area contributed by atoms with Crippen LogP contribution in [0.1, 0.15) is 73.4 Å². The van der Waals surface area contributed by atoms with E-state index >= 15 is 0 Å². The molecule has 3 nitrogen and oxygen atoms in total. The molecule has 3 heterocycles. The van der Waals surface area contributed by atoms with Crippen molar-refractivity contribution in [3.8, 4) is 78.3 Å². The molecule has 0 N–H and O–H groups in total. The SMILES string of the molecule is [2H]C([2H])([2H])c1ccc2c(c1)Oc1c(cc(-c3c(C([2H])([2H])C)ccc4c3nc3sc5ccccc5n34)c(C([2H])([2H])[2H])c1-c1ccc3c(c1)-c1ccccc1-c1ccccc1-c1ccccc1-3)C(C)(C)C2(C)C. The minimum atomic E-state index is -2.82. The topological polar surface area (TPSA) is 26.5 Å². The average molecular weight is 841 g/mol. The van der Waals surface area contributed by atoms with Gasteiger partial charge in [-0.05, 0) is 129 Å². The van der Waals surface area contributed by atoms with Crippen molar-refractivity contribution in [1.82, 2.24) is 9.38 Å². The number of hydrogen-bond acceptors (Lipinski definition) is 3. The second kappa shape index (κ2) is 13.6. The lowest BCUT2D eigenvalue weighted by Gasteiger charge is -2.42. The fourth-order valence-electron chi connectivity index (χ4n) is 10.4. The highest BCUT2D eigenvalue weighted by Gasteiger charge is 2.46. The number of hydrogen-bond donors (Lipinski definition) is 0. The van der Waals surface area contributed by atoms with Gasteiger partial charge >= 0.3 is 0 Å². The van der Waals surface area contributed by atoms with Crippen LogP contribution in [-0.4, -0.2) is 9.38 Å². The van der Waals surface area contributed by atoms with Gasteiger partial charge in [-0.25, -0.2) is 4.98 Å². The minimum Gasteiger partial charge on any atom is -0.456 e. The van der Waals surface area contributed by atoms with Gasteiger partial charge in [-0.15, -0.1) is 0 Å². The molecule has 0 bridgehead atoms. The third-order valence-electron chi connectivity index (χ3n) is 14.3. The number of aryl methyl sites for hydroxylation is 2. The summed E-state index contributed by atoms with van der Waals surface area (Å²) in [4.78, 5) is 5.98. The van der Waals surface area contributed by atoms with Gasteiger partial charge in [-0.2, -0.15) is 0 Å². The predicted molar refractivity (Wildman–Crippen MR) is 266 cm³/mol. The Kier molecular flexibility index (Phi) is 6.56. The second-order valence-electron chi connectivity index (χ2n) is 17.9. The Morgan fingerprint density at radius 2 is 1.21 bits per heavy atom. The molecule has 0 saturated heterocycles. The summed E-state index contributed by atoms with van der Waals surface area (Å²) >= 11 is 1.52. The molecule has 0 fully saturated rings. The molecule has 0 atom stereocenters. The van der Waals surface area contributed by atoms with Crippen LogP contribution >= 0.6 is 11.3 Å². The Morgan fingerprint density at radius 1 is 0.587 bits per heavy atom. The first-order chi connectivity index (χ1) is 33.6. The van der Waals surface area contributed by atoms with E-state index in [0.717, 1.165) is 65.8 Å². The van der Waals surface area contributed by atoms with E-state index in [9.17, 15) is 6.85 Å². The van der Waals surface area contributed by atoms with Crippen molar-refractivity contribution in [2.75, 3.05) is 0 Å². The van der Waals surface area contributed by atoms with Crippen molar-refractivity contribution < 1.29 is 15.7 Å². The van der Waals surface area contributed by atoms with E-state index in [2.05, 4.69) is 98.8 Å². The molecule has 306 valence electrons. The number of thiazole rings is 1. The molecule has 0 saturated carbocycles. The van der Waals surface area contributed by atoms with Crippen LogP contribution in [0.5, 0.6) is 11.5 Å². The number of aromatic nitrogens is 2. The summed E-state index contributed by atoms with van der Waals surface area (Å²) < 4.78 is 83.6. The number of ether oxygens (including phenoxy) is 1. The molecule has 0 radical (unpaired) electrons. The van der Waals surface area contributed by atoms with Crippen LogP contribution in [0.3, 0.4) is 0 Å². The molecule has 1 aliphatic carbocycles. The van der Waals surface area contributed by atoms with Crippen molar-refractivity contribution >= 4 is 37.5 Å². The molecule has 12 rings (SSSR count). The highest BCUT2D eigenvalue weighted by molar-refractivity contribution is 7.23. The van der Waals surface area contributed by atoms with Crippen LogP contribution in [0.4, 0.5) is 0 Å². The average Bonchev–Trinajstić information content (AvgIpc) is 3.86. The van der Waals surface area contributed by atoms with Crippen LogP contribution in [-0.2, 0) is 17.2 Å². The van der Waals surface area contributed by atoms with Crippen molar-refractivity contribution in [2.45, 2.75) is 65.5 Å². The summed E-state index contributed by atoms with van der Waals surface area (Å²) in [5, 5.41) is 0. The third kappa shape index (κ3) is 5.34. The third-order valence-corrected chi connectivity index (χ3v) is 15.3. The fraction of sp³-hybridized carbons (Fsp3) is 0.169. The molecule has 0 unspecified atom stereocenters. The highest BCUT2D eigenvalue weighted by atomic mass is 32.1. The van der Waals surface area contributed by atoms with Gasteiger partial charge in [0.1, 0.15) is 11.5 Å². The lowest BCUT2D eigenvalue weighted by atomic mass is 9.60. The van der Waals surface area contributed by atoms with Crippen molar-refractivity contribution in [2.24, 2.45) is 0 Å². The summed E-state index contributed by atoms with van der Waals surface area (Å²) in [6, 6.07) is 49.9. The molecule has 2 aromatic heterocycles. The number of para-hydroxylation sites is 1. The van der Waals surface area contributed by atoms with Crippen molar-refractivity contribution in [3.05, 3.63) is 179 Å². The van der Waals surface area contributed by atoms with Crippen LogP contribution in [0, 0.1) is 13.7 Å². The lowest BCUT2D eigenvalue weighted by molar-refractivity contribution is 0.306. The summed E-state index contributed by atoms with van der Waals surface area (Å²) in [6.45, 7) is 4.70. The van der Waals surface area contributed by atoms with Crippen molar-refractivity contribution in [3.63, 3.8) is 0 Å². The first-order valence-electron chi connectivity index (χ1n) is 25.5. The van der Waals surface area contributed by atoms with Crippen LogP contribution in [0.2, 0.25) is 0 Å². The summed E-state index contributed by atoms with van der Waals surface area (Å²) in [6.07, 6.45) is -1.94. The largest absolute Gasteiger partial charge is 0.456 e. The van der Waals surface area contributed by atoms with E-state index in [1.807, 2.05) is 66.7 Å². The van der Waals surface area contributed by atoms with Gasteiger partial charge in [-0.3, -0.25) is 4.40 Å². The number of fused-ring (bicyclic) bond motifs is 15. The molecular formula is C59H48N2OS. The van der Waals surface area contributed by atoms with Gasteiger partial charge in [0.05, 0.1) is 21.3 Å². The van der Waals surface area contributed by atoms with Gasteiger partial charge in [0.25, 0.3) is 0 Å². The normalized spacial score (nSPS) is 16.9. The molecule has 0 spiro atoms. The summed E-state index contributed by atoms with van der Waals surface area (Å²) in [5.41, 5.74) is 12.2. The molecule has 63 heavy (non-hydrogen) atoms. The molecule has 2 aliphatic rings. The first kappa shape index (κ1) is 30.3. The molecule has 1 aliphatic heterocycles. The zero-order chi connectivity index (χ0) is 49.7. The summed E-state index contributed by atoms with van der Waals surface area (Å²) in [5.74, 6) is 0.631. The predicted octanol–water partition coefficient (Wildman–Crippen LogP) is 16.6. The van der Waals surface area contributed by atoms with Gasteiger partial charge < -0.3 is 4.74 Å². The first-order valence-corrected chi connectivity index (χ1v) is 22.3. The van der Waals surface area contributed by atoms with Crippen molar-refractivity contribution in [1.29, 1.82) is 0 Å². The van der Waals surface area contributed by atoms with E-state index in [1.54, 1.807) is 18.2 Å². The van der Waals surface area contributed by atoms with Crippen LogP contribution < -0.4 is 4.74 Å². The number of rotatable bonds is 3. The second-order valence-corrected chi connectivity index (χ2v) is 18.9. The van der Waals surface area contributed by atoms with Gasteiger partial charge in [0.15, 0.2) is 4.96 Å². The Bertz CT molecular complexity index is 3880. The molecule has 0 amide bonds. The maximum Gasteiger partial charge on any atom is 0.195 e. The minimum absolute atomic E-state index is 0.0238. The Morgan fingerprint density at radius 3 is 1.86 bits per heavy atom. The molecule has 10 aromatic rings. The Balaban J connectivity index is 1.26. The smallest absolute Gasteiger partial charge is 0.195 e. The maximum atomic E-state index is 9.72. The van der Waals surface area contributed by atoms with Gasteiger partial charge in [0.2, 0.25) is 0 Å². The van der Waals surface area contributed by atoms with Gasteiger partial charge in [0, 0.05) is 44.0 Å². The van der Waals surface area contributed by atoms with E-state index in [0.29, 0.717) is 55.4 Å². The van der Waals surface area contributed by atoms with E-state index in [1.165, 1.54) is 18.3 Å². The Labute approximate surface area is 384 Å². The van der Waals surface area contributed by atoms with Crippen LogP contribution in [0.15, 0.2) is 152 Å². The number of imidazole rings is 1. The van der Waals surface area contributed by atoms with E-state index in [-0.39, 0.29) is 11.1 Å². The standard InChI is InChI=1S/C59H48N2OS/c1-8-36-27-30-50-55(60-57-61(50)49-23-15-16-24-52(49)63-57)54(36)45-33-48-56(62-51-31-34(2)25-29-47(51)58(4,5)59(48,6)7)53(35(45)3)37-26-28-44-42-21-12-11-19-40(42)38-17-9-10-18-39(38)41-20-13-14-22-43(41)46(44)32-37/h9-33H,8H2,1-7H3/i2D3,3D3,8D2. The molecular weight excluding hydrogens is 785 g/mol.